The van der Waals surface area contributed by atoms with E-state index in [1.54, 1.807) is 0 Å². The van der Waals surface area contributed by atoms with Crippen molar-refractivity contribution in [1.82, 2.24) is 4.67 Å². The van der Waals surface area contributed by atoms with Gasteiger partial charge in [0.05, 0.1) is 12.6 Å². The molecule has 1 fully saturated rings. The summed E-state index contributed by atoms with van der Waals surface area (Å²) in [5, 5.41) is 0. The fraction of sp³-hybridized carbons (Fsp3) is 1.00. The van der Waals surface area contributed by atoms with Crippen LogP contribution in [0.1, 0.15) is 13.8 Å². The predicted octanol–water partition coefficient (Wildman–Crippen LogP) is 7.95. The maximum atomic E-state index is 3.26. The molecule has 0 bridgehead atoms. The van der Waals surface area contributed by atoms with Gasteiger partial charge in [0.1, 0.15) is 0 Å². The minimum absolute atomic E-state index is 0.149. The van der Waals surface area contributed by atoms with Crippen LogP contribution in [0, 0.1) is 0 Å². The van der Waals surface area contributed by atoms with E-state index in [4.69, 9.17) is 0 Å². The van der Waals surface area contributed by atoms with Crippen molar-refractivity contribution in [3.05, 3.63) is 0 Å². The van der Waals surface area contributed by atoms with Gasteiger partial charge >= 0.3 is 0 Å². The standard InChI is InChI=1S/C20H58NPSi8/c1-19-21(20-2)22-29(23(3,4)5,24(6,7)8)27(15,16)28(17,18)30(22,25(9,10)11)26(12,13)14/h19-20H2,1-18H3. The summed E-state index contributed by atoms with van der Waals surface area (Å²) in [7, 11) is -7.58. The van der Waals surface area contributed by atoms with E-state index < -0.39 is 57.2 Å². The van der Waals surface area contributed by atoms with E-state index in [0.29, 0.717) is 0 Å². The van der Waals surface area contributed by atoms with Gasteiger partial charge in [-0.25, -0.2) is 0 Å². The van der Waals surface area contributed by atoms with Gasteiger partial charge in [-0.05, 0) is 13.1 Å². The minimum Gasteiger partial charge on any atom is -0.291 e. The van der Waals surface area contributed by atoms with Gasteiger partial charge < -0.3 is 0 Å². The quantitative estimate of drug-likeness (QED) is 0.223. The van der Waals surface area contributed by atoms with E-state index in [-0.39, 0.29) is 7.17 Å². The van der Waals surface area contributed by atoms with E-state index >= 15 is 0 Å². The number of rotatable bonds is 7. The Labute approximate surface area is 199 Å². The fourth-order valence-electron chi connectivity index (χ4n) is 9.89. The third-order valence-corrected chi connectivity index (χ3v) is 252. The van der Waals surface area contributed by atoms with Crippen molar-refractivity contribution in [2.75, 3.05) is 13.1 Å². The molecule has 1 heterocycles. The molecule has 0 spiro atoms. The second kappa shape index (κ2) is 8.36. The second-order valence-electron chi connectivity index (χ2n) is 15.1. The molecule has 0 saturated carbocycles. The third kappa shape index (κ3) is 3.53. The van der Waals surface area contributed by atoms with Crippen LogP contribution in [-0.2, 0) is 0 Å². The molecule has 180 valence electrons. The highest BCUT2D eigenvalue weighted by molar-refractivity contribution is 8.60. The van der Waals surface area contributed by atoms with Gasteiger partial charge in [-0.1, -0.05) is 126 Å². The predicted molar refractivity (Wildman–Crippen MR) is 170 cm³/mol. The zero-order chi connectivity index (χ0) is 24.6. The Bertz CT molecular complexity index is 555. The van der Waals surface area contributed by atoms with Gasteiger partial charge in [0.15, 0.2) is 0 Å². The van der Waals surface area contributed by atoms with Crippen LogP contribution < -0.4 is 0 Å². The molecule has 0 atom stereocenters. The molecule has 0 amide bonds. The first-order valence-corrected chi connectivity index (χ1v) is 46.4. The summed E-state index contributed by atoms with van der Waals surface area (Å²) in [5.41, 5.74) is 0. The molecular formula is C20H58NPSi8. The van der Waals surface area contributed by atoms with Gasteiger partial charge in [0.2, 0.25) is 0 Å². The molecule has 1 aliphatic heterocycles. The molecule has 0 aromatic rings. The van der Waals surface area contributed by atoms with Crippen LogP contribution in [0.15, 0.2) is 0 Å². The second-order valence-corrected chi connectivity index (χ2v) is 118. The van der Waals surface area contributed by atoms with Gasteiger partial charge in [0.25, 0.3) is 0 Å². The number of nitrogens with zero attached hydrogens (tertiary/aromatic N) is 1. The molecule has 0 aromatic heterocycles. The van der Waals surface area contributed by atoms with Crippen molar-refractivity contribution in [3.8, 4) is 0 Å². The Morgan fingerprint density at radius 3 is 0.833 bits per heavy atom. The fourth-order valence-corrected chi connectivity index (χ4v) is 492. The largest absolute Gasteiger partial charge is 0.291 e. The molecule has 0 radical (unpaired) electrons. The van der Waals surface area contributed by atoms with Crippen molar-refractivity contribution >= 4 is 64.3 Å². The average molecular weight is 568 g/mol. The molecular weight excluding hydrogens is 510 g/mol. The molecule has 1 saturated heterocycles. The van der Waals surface area contributed by atoms with Crippen LogP contribution in [0.25, 0.3) is 0 Å². The van der Waals surface area contributed by atoms with Crippen LogP contribution in [0.2, 0.25) is 105 Å². The Kier molecular flexibility index (Phi) is 8.40. The zero-order valence-corrected chi connectivity index (χ0v) is 33.2. The molecule has 1 rings (SSSR count). The Hall–Kier alpha value is 2.13. The number of hydrogen-bond donors (Lipinski definition) is 0. The van der Waals surface area contributed by atoms with Crippen LogP contribution >= 0.6 is 7.17 Å². The maximum Gasteiger partial charge on any atom is 0.0720 e. The summed E-state index contributed by atoms with van der Waals surface area (Å²) < 4.78 is 3.26. The number of hydrogen-bond acceptors (Lipinski definition) is 1. The van der Waals surface area contributed by atoms with Crippen LogP contribution in [0.4, 0.5) is 0 Å². The lowest BCUT2D eigenvalue weighted by atomic mass is 10.7. The first kappa shape index (κ1) is 30.2. The van der Waals surface area contributed by atoms with E-state index in [1.807, 2.05) is 0 Å². The van der Waals surface area contributed by atoms with Crippen molar-refractivity contribution in [2.24, 2.45) is 0 Å². The van der Waals surface area contributed by atoms with Crippen molar-refractivity contribution in [1.29, 1.82) is 0 Å². The molecule has 10 heteroatoms. The minimum atomic E-state index is -1.39. The normalized spacial score (nSPS) is 24.5. The Morgan fingerprint density at radius 1 is 0.500 bits per heavy atom. The monoisotopic (exact) mass is 567 g/mol. The highest BCUT2D eigenvalue weighted by Gasteiger charge is 2.87. The van der Waals surface area contributed by atoms with Crippen molar-refractivity contribution in [3.63, 3.8) is 0 Å². The third-order valence-electron chi connectivity index (χ3n) is 9.36. The van der Waals surface area contributed by atoms with Crippen LogP contribution in [0.3, 0.4) is 0 Å². The van der Waals surface area contributed by atoms with E-state index in [0.717, 1.165) is 0 Å². The lowest BCUT2D eigenvalue weighted by Gasteiger charge is -2.64. The zero-order valence-electron chi connectivity index (χ0n) is 24.3. The molecule has 30 heavy (non-hydrogen) atoms. The summed E-state index contributed by atoms with van der Waals surface area (Å²) in [6.07, 6.45) is -2.78. The molecule has 0 unspecified atom stereocenters. The van der Waals surface area contributed by atoms with Crippen molar-refractivity contribution < 1.29 is 0 Å². The van der Waals surface area contributed by atoms with Gasteiger partial charge in [-0.3, -0.25) is 4.67 Å². The molecule has 0 N–H and O–H groups in total. The highest BCUT2D eigenvalue weighted by Crippen LogP contribution is 2.77. The molecule has 0 aromatic carbocycles. The molecule has 1 aliphatic rings. The molecule has 0 aliphatic carbocycles. The van der Waals surface area contributed by atoms with E-state index in [2.05, 4.69) is 123 Å². The summed E-state index contributed by atoms with van der Waals surface area (Å²) in [4.78, 5) is 0. The van der Waals surface area contributed by atoms with Gasteiger partial charge in [-0.2, -0.15) is 0 Å². The SMILES string of the molecule is CCN(CC)P1[Si]([Si](C)(C)C)([Si](C)(C)C)[Si](C)(C)[Si](C)(C)[Si]1([Si](C)(C)C)[Si](C)(C)C. The lowest BCUT2D eigenvalue weighted by molar-refractivity contribution is 0.518. The van der Waals surface area contributed by atoms with Gasteiger partial charge in [-0.15, -0.1) is 0 Å². The van der Waals surface area contributed by atoms with Gasteiger partial charge in [0, 0.05) is 44.6 Å². The van der Waals surface area contributed by atoms with E-state index in [9.17, 15) is 0 Å². The smallest absolute Gasteiger partial charge is 0.0720 e. The topological polar surface area (TPSA) is 3.24 Å². The summed E-state index contributed by atoms with van der Waals surface area (Å²) in [6.45, 7) is 54.7. The Morgan fingerprint density at radius 2 is 0.700 bits per heavy atom. The summed E-state index contributed by atoms with van der Waals surface area (Å²) >= 11 is 0. The van der Waals surface area contributed by atoms with E-state index in [1.165, 1.54) is 13.1 Å². The summed E-state index contributed by atoms with van der Waals surface area (Å²) in [6, 6.07) is 0. The van der Waals surface area contributed by atoms with Crippen LogP contribution in [0.5, 0.6) is 0 Å². The molecule has 1 nitrogen and oxygen atoms in total. The Balaban J connectivity index is 4.57. The lowest BCUT2D eigenvalue weighted by Crippen LogP contribution is -2.87. The highest BCUT2D eigenvalue weighted by atomic mass is 31.8. The van der Waals surface area contributed by atoms with Crippen molar-refractivity contribution in [2.45, 2.75) is 119 Å². The first-order valence-electron chi connectivity index (χ1n) is 12.4. The van der Waals surface area contributed by atoms with Crippen LogP contribution in [-0.4, -0.2) is 74.9 Å². The maximum absolute atomic E-state index is 3.26. The first-order chi connectivity index (χ1) is 12.9. The summed E-state index contributed by atoms with van der Waals surface area (Å²) in [5.74, 6) is 0. The average Bonchev–Trinajstić information content (AvgIpc) is 2.56.